The molecule has 6 nitrogen and oxygen atoms in total. The number of aromatic nitrogens is 4. The van der Waals surface area contributed by atoms with Gasteiger partial charge in [0.1, 0.15) is 5.82 Å². The highest BCUT2D eigenvalue weighted by Gasteiger charge is 2.37. The van der Waals surface area contributed by atoms with Gasteiger partial charge in [-0.05, 0) is 14.0 Å². The van der Waals surface area contributed by atoms with Gasteiger partial charge in [-0.15, -0.1) is 0 Å². The van der Waals surface area contributed by atoms with Gasteiger partial charge in [0.2, 0.25) is 5.89 Å². The number of rotatable bonds is 4. The molecule has 0 aliphatic carbocycles. The first-order chi connectivity index (χ1) is 8.84. The van der Waals surface area contributed by atoms with Crippen LogP contribution in [0.4, 0.5) is 13.2 Å². The smallest absolute Gasteiger partial charge is 0.345 e. The number of aromatic amines is 1. The molecule has 0 atom stereocenters. The maximum absolute atomic E-state index is 12.3. The summed E-state index contributed by atoms with van der Waals surface area (Å²) in [7, 11) is 1.72. The predicted molar refractivity (Wildman–Crippen MR) is 57.8 cm³/mol. The van der Waals surface area contributed by atoms with Gasteiger partial charge in [0.05, 0.1) is 13.1 Å². The van der Waals surface area contributed by atoms with Crippen molar-refractivity contribution in [1.29, 1.82) is 0 Å². The molecule has 2 heterocycles. The normalized spacial score (nSPS) is 12.3. The van der Waals surface area contributed by atoms with Crippen LogP contribution in [0.2, 0.25) is 0 Å². The van der Waals surface area contributed by atoms with E-state index in [1.807, 2.05) is 6.92 Å². The molecular weight excluding hydrogens is 263 g/mol. The van der Waals surface area contributed by atoms with E-state index < -0.39 is 12.0 Å². The Kier molecular flexibility index (Phi) is 3.56. The van der Waals surface area contributed by atoms with Crippen LogP contribution >= 0.6 is 0 Å². The third-order valence-electron chi connectivity index (χ3n) is 2.30. The second-order valence-corrected chi connectivity index (χ2v) is 4.19. The molecule has 0 aliphatic rings. The lowest BCUT2D eigenvalue weighted by Gasteiger charge is -2.11. The van der Waals surface area contributed by atoms with Crippen molar-refractivity contribution in [2.24, 2.45) is 0 Å². The zero-order valence-electron chi connectivity index (χ0n) is 10.3. The van der Waals surface area contributed by atoms with Gasteiger partial charge >= 0.3 is 6.18 Å². The largest absolute Gasteiger partial charge is 0.455 e. The van der Waals surface area contributed by atoms with Crippen molar-refractivity contribution in [2.45, 2.75) is 26.2 Å². The summed E-state index contributed by atoms with van der Waals surface area (Å²) in [6.07, 6.45) is -2.91. The summed E-state index contributed by atoms with van der Waals surface area (Å²) in [4.78, 5) is 12.1. The summed E-state index contributed by atoms with van der Waals surface area (Å²) in [5.74, 6) is -0.626. The fourth-order valence-corrected chi connectivity index (χ4v) is 1.52. The lowest BCUT2D eigenvalue weighted by atomic mass is 10.5. The van der Waals surface area contributed by atoms with E-state index in [2.05, 4.69) is 24.6 Å². The van der Waals surface area contributed by atoms with Gasteiger partial charge in [-0.3, -0.25) is 4.90 Å². The second-order valence-electron chi connectivity index (χ2n) is 4.19. The van der Waals surface area contributed by atoms with Crippen molar-refractivity contribution in [3.63, 3.8) is 0 Å². The van der Waals surface area contributed by atoms with E-state index in [0.717, 1.165) is 11.5 Å². The van der Waals surface area contributed by atoms with Crippen LogP contribution in [-0.2, 0) is 19.3 Å². The summed E-state index contributed by atoms with van der Waals surface area (Å²) in [6.45, 7) is 2.42. The highest BCUT2D eigenvalue weighted by Crippen LogP contribution is 2.26. The number of aryl methyl sites for hydroxylation is 1. The van der Waals surface area contributed by atoms with Crippen LogP contribution in [0.3, 0.4) is 0 Å². The molecule has 0 bridgehead atoms. The minimum atomic E-state index is -4.58. The van der Waals surface area contributed by atoms with E-state index in [-0.39, 0.29) is 12.4 Å². The third kappa shape index (κ3) is 3.53. The van der Waals surface area contributed by atoms with Crippen molar-refractivity contribution < 1.29 is 17.7 Å². The molecule has 0 fully saturated rings. The third-order valence-corrected chi connectivity index (χ3v) is 2.30. The van der Waals surface area contributed by atoms with Crippen LogP contribution in [0.5, 0.6) is 0 Å². The van der Waals surface area contributed by atoms with E-state index in [9.17, 15) is 13.2 Å². The number of hydrogen-bond donors (Lipinski definition) is 1. The zero-order chi connectivity index (χ0) is 14.0. The number of nitrogens with zero attached hydrogens (tertiary/aromatic N) is 4. The molecule has 0 radical (unpaired) electrons. The summed E-state index contributed by atoms with van der Waals surface area (Å²) in [5, 5.41) is 2.89. The Hall–Kier alpha value is -1.90. The van der Waals surface area contributed by atoms with Crippen LogP contribution in [0, 0.1) is 6.92 Å². The Morgan fingerprint density at radius 1 is 1.37 bits per heavy atom. The average Bonchev–Trinajstić information content (AvgIpc) is 2.87. The van der Waals surface area contributed by atoms with Gasteiger partial charge < -0.3 is 9.51 Å². The summed E-state index contributed by atoms with van der Waals surface area (Å²) in [5.41, 5.74) is 0.917. The molecule has 19 heavy (non-hydrogen) atoms. The molecular formula is C10H12F3N5O. The fraction of sp³-hybridized carbons (Fsp3) is 0.500. The Morgan fingerprint density at radius 3 is 2.63 bits per heavy atom. The minimum Gasteiger partial charge on any atom is -0.345 e. The van der Waals surface area contributed by atoms with E-state index in [1.165, 1.54) is 0 Å². The highest BCUT2D eigenvalue weighted by atomic mass is 19.4. The summed E-state index contributed by atoms with van der Waals surface area (Å²) in [6, 6.07) is 0. The number of imidazole rings is 1. The van der Waals surface area contributed by atoms with Crippen molar-refractivity contribution in [3.8, 4) is 0 Å². The van der Waals surface area contributed by atoms with E-state index >= 15 is 0 Å². The van der Waals surface area contributed by atoms with E-state index in [4.69, 9.17) is 0 Å². The molecule has 2 rings (SSSR count). The Balaban J connectivity index is 1.95. The van der Waals surface area contributed by atoms with Gasteiger partial charge in [0.15, 0.2) is 0 Å². The van der Waals surface area contributed by atoms with Crippen molar-refractivity contribution in [3.05, 3.63) is 29.4 Å². The molecule has 0 saturated carbocycles. The molecule has 0 aromatic carbocycles. The molecule has 2 aromatic rings. The Morgan fingerprint density at radius 2 is 2.11 bits per heavy atom. The van der Waals surface area contributed by atoms with Crippen LogP contribution in [0.15, 0.2) is 10.7 Å². The van der Waals surface area contributed by atoms with Crippen molar-refractivity contribution >= 4 is 0 Å². The maximum Gasteiger partial charge on any atom is 0.455 e. The average molecular weight is 275 g/mol. The van der Waals surface area contributed by atoms with Gasteiger partial charge in [-0.2, -0.15) is 18.2 Å². The van der Waals surface area contributed by atoms with Crippen molar-refractivity contribution in [1.82, 2.24) is 25.0 Å². The zero-order valence-corrected chi connectivity index (χ0v) is 10.3. The lowest BCUT2D eigenvalue weighted by molar-refractivity contribution is -0.146. The quantitative estimate of drug-likeness (QED) is 0.920. The highest BCUT2D eigenvalue weighted by molar-refractivity contribution is 4.98. The molecule has 0 unspecified atom stereocenters. The molecule has 104 valence electrons. The molecule has 2 aromatic heterocycles. The summed E-state index contributed by atoms with van der Waals surface area (Å²) >= 11 is 0. The van der Waals surface area contributed by atoms with Gasteiger partial charge in [0, 0.05) is 11.9 Å². The number of alkyl halides is 3. The first-order valence-corrected chi connectivity index (χ1v) is 5.43. The monoisotopic (exact) mass is 275 g/mol. The molecule has 0 spiro atoms. The van der Waals surface area contributed by atoms with E-state index in [1.54, 1.807) is 18.1 Å². The molecule has 1 N–H and O–H groups in total. The number of hydrogen-bond acceptors (Lipinski definition) is 5. The van der Waals surface area contributed by atoms with Crippen molar-refractivity contribution in [2.75, 3.05) is 7.05 Å². The number of H-pyrrole nitrogens is 1. The van der Waals surface area contributed by atoms with Gasteiger partial charge in [-0.25, -0.2) is 4.98 Å². The molecule has 0 amide bonds. The standard InChI is InChI=1S/C10H12F3N5O/c1-6-3-14-7(15-6)4-18(2)5-8-16-9(17-19-8)10(11,12)13/h3H,4-5H2,1-2H3,(H,14,15). The number of nitrogens with one attached hydrogen (secondary N) is 1. The van der Waals surface area contributed by atoms with E-state index in [0.29, 0.717) is 6.54 Å². The molecule has 9 heteroatoms. The van der Waals surface area contributed by atoms with Crippen LogP contribution in [-0.4, -0.2) is 32.1 Å². The maximum atomic E-state index is 12.3. The molecule has 0 aliphatic heterocycles. The van der Waals surface area contributed by atoms with Gasteiger partial charge in [0.25, 0.3) is 5.82 Å². The SMILES string of the molecule is Cc1cnc(CN(C)Cc2nc(C(F)(F)F)no2)[nH]1. The second kappa shape index (κ2) is 5.00. The minimum absolute atomic E-state index is 0.0851. The first kappa shape index (κ1) is 13.5. The molecule has 0 saturated heterocycles. The first-order valence-electron chi connectivity index (χ1n) is 5.43. The van der Waals surface area contributed by atoms with Gasteiger partial charge in [-0.1, -0.05) is 5.16 Å². The lowest BCUT2D eigenvalue weighted by Crippen LogP contribution is -2.18. The fourth-order valence-electron chi connectivity index (χ4n) is 1.52. The van der Waals surface area contributed by atoms with Crippen LogP contribution in [0.1, 0.15) is 23.2 Å². The Bertz CT molecular complexity index is 547. The van der Waals surface area contributed by atoms with Crippen LogP contribution in [0.25, 0.3) is 0 Å². The van der Waals surface area contributed by atoms with Crippen LogP contribution < -0.4 is 0 Å². The predicted octanol–water partition coefficient (Wildman–Crippen LogP) is 1.75. The topological polar surface area (TPSA) is 70.8 Å². The summed E-state index contributed by atoms with van der Waals surface area (Å²) < 4.78 is 41.4. The number of halogens is 3. The Labute approximate surface area is 106 Å².